The lowest BCUT2D eigenvalue weighted by Gasteiger charge is -2.35. The summed E-state index contributed by atoms with van der Waals surface area (Å²) in [6.45, 7) is 13.5. The molecule has 0 spiro atoms. The van der Waals surface area contributed by atoms with Crippen molar-refractivity contribution in [2.75, 3.05) is 33.3 Å². The van der Waals surface area contributed by atoms with Crippen molar-refractivity contribution in [3.05, 3.63) is 67.3 Å². The van der Waals surface area contributed by atoms with E-state index in [0.717, 1.165) is 54.5 Å². The number of benzene rings is 2. The largest absolute Gasteiger partial charge is 0.497 e. The van der Waals surface area contributed by atoms with Gasteiger partial charge in [0.1, 0.15) is 23.6 Å². The molecule has 3 aromatic rings. The summed E-state index contributed by atoms with van der Waals surface area (Å²) in [7, 11) is 1.62. The number of aliphatic carboxylic acids is 1. The minimum Gasteiger partial charge on any atom is -0.497 e. The third-order valence-corrected chi connectivity index (χ3v) is 10.2. The molecule has 11 heteroatoms. The smallest absolute Gasteiger partial charge is 0.307 e. The van der Waals surface area contributed by atoms with Crippen LogP contribution in [0.5, 0.6) is 11.5 Å². The molecule has 2 unspecified atom stereocenters. The van der Waals surface area contributed by atoms with Crippen molar-refractivity contribution in [1.29, 1.82) is 0 Å². The van der Waals surface area contributed by atoms with E-state index >= 15 is 0 Å². The molecule has 1 aliphatic carbocycles. The Kier molecular flexibility index (Phi) is 12.2. The molecule has 1 aromatic heterocycles. The molecule has 11 nitrogen and oxygen atoms in total. The van der Waals surface area contributed by atoms with Crippen molar-refractivity contribution >= 4 is 34.6 Å². The van der Waals surface area contributed by atoms with Gasteiger partial charge in [-0.15, -0.1) is 6.58 Å². The van der Waals surface area contributed by atoms with Gasteiger partial charge in [0.05, 0.1) is 36.7 Å². The topological polar surface area (TPSA) is 138 Å². The number of nitrogens with zero attached hydrogens (tertiary/aromatic N) is 3. The van der Waals surface area contributed by atoms with E-state index in [2.05, 4.69) is 11.9 Å². The molecule has 278 valence electrons. The van der Waals surface area contributed by atoms with E-state index in [1.54, 1.807) is 18.1 Å². The Labute approximate surface area is 306 Å². The second kappa shape index (κ2) is 16.6. The van der Waals surface area contributed by atoms with E-state index in [9.17, 15) is 19.2 Å². The van der Waals surface area contributed by atoms with E-state index in [4.69, 9.17) is 19.6 Å². The van der Waals surface area contributed by atoms with Crippen LogP contribution in [-0.4, -0.2) is 89.0 Å². The predicted octanol–water partition coefficient (Wildman–Crippen LogP) is 5.96. The van der Waals surface area contributed by atoms with Gasteiger partial charge in [0.15, 0.2) is 0 Å². The Morgan fingerprint density at radius 3 is 2.35 bits per heavy atom. The summed E-state index contributed by atoms with van der Waals surface area (Å²) >= 11 is 0. The number of ether oxygens (including phenoxy) is 2. The quantitative estimate of drug-likeness (QED) is 0.232. The zero-order chi connectivity index (χ0) is 37.6. The lowest BCUT2D eigenvalue weighted by Crippen LogP contribution is -2.50. The second-order valence-electron chi connectivity index (χ2n) is 14.9. The summed E-state index contributed by atoms with van der Waals surface area (Å²) < 4.78 is 12.1. The van der Waals surface area contributed by atoms with Crippen LogP contribution in [0.25, 0.3) is 22.2 Å². The summed E-state index contributed by atoms with van der Waals surface area (Å²) in [4.78, 5) is 59.3. The Bertz CT molecular complexity index is 1770. The number of pyridine rings is 1. The average molecular weight is 713 g/mol. The van der Waals surface area contributed by atoms with Crippen molar-refractivity contribution in [3.63, 3.8) is 0 Å². The van der Waals surface area contributed by atoms with E-state index in [1.165, 1.54) is 0 Å². The van der Waals surface area contributed by atoms with Crippen molar-refractivity contribution in [2.45, 2.75) is 71.9 Å². The lowest BCUT2D eigenvalue weighted by atomic mass is 9.77. The number of nitrogens with one attached hydrogen (secondary N) is 1. The third-order valence-electron chi connectivity index (χ3n) is 10.2. The SMILES string of the molecule is C=CC1CC1C(=O)O.CCNC(=O)[C@@H]1C[C@@H](Oc2cc(-c3ccccc3)nc3cc(OC)ccc23)CN1C(=O)[C@@H](CC(=O)N1CCCC1)C(C)(C)C. The maximum Gasteiger partial charge on any atom is 0.307 e. The van der Waals surface area contributed by atoms with Crippen LogP contribution in [0.2, 0.25) is 0 Å². The highest BCUT2D eigenvalue weighted by molar-refractivity contribution is 5.92. The number of aromatic nitrogens is 1. The first-order valence-corrected chi connectivity index (χ1v) is 18.3. The zero-order valence-corrected chi connectivity index (χ0v) is 31.0. The first-order valence-electron chi connectivity index (χ1n) is 18.3. The first-order chi connectivity index (χ1) is 24.8. The molecule has 2 aliphatic heterocycles. The highest BCUT2D eigenvalue weighted by atomic mass is 16.5. The fourth-order valence-electron chi connectivity index (χ4n) is 7.00. The molecule has 0 bridgehead atoms. The van der Waals surface area contributed by atoms with Gasteiger partial charge >= 0.3 is 5.97 Å². The number of rotatable bonds is 11. The number of allylic oxidation sites excluding steroid dienone is 1. The number of carbonyl (C=O) groups is 4. The van der Waals surface area contributed by atoms with Crippen LogP contribution >= 0.6 is 0 Å². The minimum absolute atomic E-state index is 0.00413. The van der Waals surface area contributed by atoms with E-state index in [-0.39, 0.29) is 42.5 Å². The molecule has 2 saturated heterocycles. The molecule has 3 fully saturated rings. The Balaban J connectivity index is 0.000000577. The van der Waals surface area contributed by atoms with Crippen LogP contribution in [0.4, 0.5) is 0 Å². The number of hydrogen-bond donors (Lipinski definition) is 2. The molecule has 3 heterocycles. The Hall–Kier alpha value is -4.93. The zero-order valence-electron chi connectivity index (χ0n) is 31.0. The summed E-state index contributed by atoms with van der Waals surface area (Å²) in [5.41, 5.74) is 1.95. The average Bonchev–Trinajstić information content (AvgIpc) is 3.49. The molecule has 0 radical (unpaired) electrons. The number of amides is 3. The normalized spacial score (nSPS) is 21.5. The van der Waals surface area contributed by atoms with E-state index in [1.807, 2.05) is 87.2 Å². The maximum atomic E-state index is 14.3. The molecule has 3 aliphatic rings. The van der Waals surface area contributed by atoms with Crippen molar-refractivity contribution < 1.29 is 33.8 Å². The predicted molar refractivity (Wildman–Crippen MR) is 200 cm³/mol. The number of carboxylic acid groups (broad SMARTS) is 1. The van der Waals surface area contributed by atoms with E-state index in [0.29, 0.717) is 24.5 Å². The van der Waals surface area contributed by atoms with Crippen LogP contribution in [0, 0.1) is 23.2 Å². The van der Waals surface area contributed by atoms with Gasteiger partial charge in [-0.2, -0.15) is 0 Å². The number of methoxy groups -OCH3 is 1. The van der Waals surface area contributed by atoms with Crippen LogP contribution < -0.4 is 14.8 Å². The number of likely N-dealkylation sites (N-methyl/N-ethyl adjacent to an activating group) is 1. The molecule has 6 rings (SSSR count). The standard InChI is InChI=1S/C35H44N4O5.C6H8O2/c1-6-36-33(41)30-19-25(22-39(30)34(42)27(35(2,3)4)20-32(40)38-16-10-11-17-38)44-31-21-28(23-12-8-7-9-13-23)37-29-18-24(43-5)14-15-26(29)31;1-2-4-3-5(4)6(7)8/h7-9,12-15,18,21,25,27,30H,6,10-11,16-17,19-20,22H2,1-5H3,(H,36,41);2,4-5H,1,3H2,(H,7,8)/t25-,27-,30+;/m1./s1. The summed E-state index contributed by atoms with van der Waals surface area (Å²) in [6.07, 6.45) is 4.52. The van der Waals surface area contributed by atoms with Crippen LogP contribution in [0.1, 0.15) is 59.8 Å². The second-order valence-corrected chi connectivity index (χ2v) is 14.9. The molecule has 5 atom stereocenters. The highest BCUT2D eigenvalue weighted by Gasteiger charge is 2.46. The van der Waals surface area contributed by atoms with Gasteiger partial charge in [-0.3, -0.25) is 19.2 Å². The van der Waals surface area contributed by atoms with Gasteiger partial charge in [-0.1, -0.05) is 57.2 Å². The number of fused-ring (bicyclic) bond motifs is 1. The van der Waals surface area contributed by atoms with Gasteiger partial charge in [0, 0.05) is 55.6 Å². The van der Waals surface area contributed by atoms with Gasteiger partial charge < -0.3 is 29.7 Å². The van der Waals surface area contributed by atoms with Crippen LogP contribution in [0.3, 0.4) is 0 Å². The van der Waals surface area contributed by atoms with Crippen molar-refractivity contribution in [3.8, 4) is 22.8 Å². The van der Waals surface area contributed by atoms with Crippen molar-refractivity contribution in [1.82, 2.24) is 20.1 Å². The molecule has 2 aromatic carbocycles. The monoisotopic (exact) mass is 712 g/mol. The maximum absolute atomic E-state index is 14.3. The van der Waals surface area contributed by atoms with E-state index < -0.39 is 29.4 Å². The third kappa shape index (κ3) is 9.10. The fraction of sp³-hybridized carbons (Fsp3) is 0.488. The molecule has 52 heavy (non-hydrogen) atoms. The molecular formula is C41H52N4O7. The molecule has 1 saturated carbocycles. The van der Waals surface area contributed by atoms with Crippen LogP contribution in [0.15, 0.2) is 67.3 Å². The van der Waals surface area contributed by atoms with Crippen molar-refractivity contribution in [2.24, 2.45) is 23.2 Å². The number of likely N-dealkylation sites (tertiary alicyclic amines) is 2. The van der Waals surface area contributed by atoms with Gasteiger partial charge in [0.25, 0.3) is 0 Å². The minimum atomic E-state index is -0.694. The highest BCUT2D eigenvalue weighted by Crippen LogP contribution is 2.39. The molecule has 2 N–H and O–H groups in total. The summed E-state index contributed by atoms with van der Waals surface area (Å²) in [6, 6.07) is 16.8. The molecule has 3 amide bonds. The Morgan fingerprint density at radius 1 is 1.06 bits per heavy atom. The number of carbonyl (C=O) groups excluding carboxylic acids is 3. The number of carboxylic acids is 1. The van der Waals surface area contributed by atoms with Gasteiger partial charge in [-0.25, -0.2) is 4.98 Å². The van der Waals surface area contributed by atoms with Gasteiger partial charge in [0.2, 0.25) is 17.7 Å². The molecular weight excluding hydrogens is 660 g/mol. The fourth-order valence-corrected chi connectivity index (χ4v) is 7.00. The van der Waals surface area contributed by atoms with Gasteiger partial charge in [-0.05, 0) is 49.7 Å². The number of hydrogen-bond acceptors (Lipinski definition) is 7. The van der Waals surface area contributed by atoms with Crippen LogP contribution in [-0.2, 0) is 19.2 Å². The summed E-state index contributed by atoms with van der Waals surface area (Å²) in [5, 5.41) is 12.0. The summed E-state index contributed by atoms with van der Waals surface area (Å²) in [5.74, 6) is -0.181. The first kappa shape index (κ1) is 38.3. The Morgan fingerprint density at radius 2 is 1.77 bits per heavy atom. The lowest BCUT2D eigenvalue weighted by molar-refractivity contribution is -0.148.